The van der Waals surface area contributed by atoms with Crippen molar-refractivity contribution in [3.8, 4) is 5.75 Å². The summed E-state index contributed by atoms with van der Waals surface area (Å²) in [5.74, 6) is 0.812. The number of amides is 2. The maximum atomic E-state index is 11.8. The highest BCUT2D eigenvalue weighted by atomic mass is 16.5. The van der Waals surface area contributed by atoms with Gasteiger partial charge < -0.3 is 20.5 Å². The third kappa shape index (κ3) is 5.30. The van der Waals surface area contributed by atoms with Gasteiger partial charge in [-0.25, -0.2) is 4.79 Å². The number of hydrogen-bond donors (Lipinski definition) is 3. The number of aliphatic hydroxyl groups excluding tert-OH is 1. The fourth-order valence-corrected chi connectivity index (χ4v) is 2.10. The molecule has 0 bridgehead atoms. The maximum absolute atomic E-state index is 11.8. The summed E-state index contributed by atoms with van der Waals surface area (Å²) in [6.07, 6.45) is 0.539. The average Bonchev–Trinajstić information content (AvgIpc) is 2.57. The molecule has 0 heterocycles. The van der Waals surface area contributed by atoms with E-state index in [4.69, 9.17) is 9.84 Å². The predicted octanol–water partition coefficient (Wildman–Crippen LogP) is 3.08. The van der Waals surface area contributed by atoms with Crippen molar-refractivity contribution < 1.29 is 14.6 Å². The van der Waals surface area contributed by atoms with Gasteiger partial charge in [0.2, 0.25) is 0 Å². The first kappa shape index (κ1) is 16.8. The number of nitrogens with one attached hydrogen (secondary N) is 2. The second-order valence-corrected chi connectivity index (χ2v) is 5.15. The van der Waals surface area contributed by atoms with Gasteiger partial charge in [-0.05, 0) is 42.7 Å². The molecule has 0 aliphatic rings. The Hall–Kier alpha value is -2.53. The van der Waals surface area contributed by atoms with E-state index in [1.54, 1.807) is 0 Å². The molecule has 0 aliphatic heterocycles. The third-order valence-corrected chi connectivity index (χ3v) is 3.45. The zero-order chi connectivity index (χ0) is 16.5. The predicted molar refractivity (Wildman–Crippen MR) is 90.7 cm³/mol. The molecule has 0 spiro atoms. The van der Waals surface area contributed by atoms with Crippen molar-refractivity contribution in [3.05, 3.63) is 59.7 Å². The van der Waals surface area contributed by atoms with Gasteiger partial charge in [0, 0.05) is 18.8 Å². The van der Waals surface area contributed by atoms with Crippen LogP contribution in [-0.4, -0.2) is 24.3 Å². The van der Waals surface area contributed by atoms with Crippen molar-refractivity contribution in [2.45, 2.75) is 20.0 Å². The highest BCUT2D eigenvalue weighted by Gasteiger charge is 2.07. The Kier molecular flexibility index (Phi) is 6.44. The molecule has 2 aromatic carbocycles. The Morgan fingerprint density at radius 3 is 2.65 bits per heavy atom. The maximum Gasteiger partial charge on any atom is 0.319 e. The monoisotopic (exact) mass is 314 g/mol. The van der Waals surface area contributed by atoms with Gasteiger partial charge in [-0.15, -0.1) is 0 Å². The van der Waals surface area contributed by atoms with Crippen molar-refractivity contribution in [1.82, 2.24) is 5.32 Å². The van der Waals surface area contributed by atoms with E-state index in [9.17, 15) is 4.79 Å². The Labute approximate surface area is 136 Å². The van der Waals surface area contributed by atoms with Crippen molar-refractivity contribution in [1.29, 1.82) is 0 Å². The fourth-order valence-electron chi connectivity index (χ4n) is 2.10. The summed E-state index contributed by atoms with van der Waals surface area (Å²) in [4.78, 5) is 11.8. The molecule has 5 nitrogen and oxygen atoms in total. The first-order valence-corrected chi connectivity index (χ1v) is 7.62. The number of carbonyl (C=O) groups is 1. The molecular weight excluding hydrogens is 292 g/mol. The van der Waals surface area contributed by atoms with Crippen LogP contribution in [0.2, 0.25) is 0 Å². The molecule has 0 fully saturated rings. The lowest BCUT2D eigenvalue weighted by Gasteiger charge is -2.14. The molecule has 2 aromatic rings. The number of hydrogen-bond acceptors (Lipinski definition) is 3. The quantitative estimate of drug-likeness (QED) is 0.688. The first-order valence-electron chi connectivity index (χ1n) is 7.62. The van der Waals surface area contributed by atoms with Gasteiger partial charge in [-0.1, -0.05) is 30.3 Å². The Balaban J connectivity index is 1.96. The molecule has 23 heavy (non-hydrogen) atoms. The summed E-state index contributed by atoms with van der Waals surface area (Å²) >= 11 is 0. The van der Waals surface area contributed by atoms with Crippen LogP contribution in [0.1, 0.15) is 17.5 Å². The number of benzene rings is 2. The van der Waals surface area contributed by atoms with E-state index >= 15 is 0 Å². The SMILES string of the molecule is Cc1c(COc2ccccc2)cccc1NC(=O)NCCCO. The summed E-state index contributed by atoms with van der Waals surface area (Å²) in [5.41, 5.74) is 2.74. The summed E-state index contributed by atoms with van der Waals surface area (Å²) in [6, 6.07) is 15.1. The van der Waals surface area contributed by atoms with Crippen LogP contribution in [-0.2, 0) is 6.61 Å². The standard InChI is InChI=1S/C18H22N2O3/c1-14-15(13-23-16-8-3-2-4-9-16)7-5-10-17(14)20-18(22)19-11-6-12-21/h2-5,7-10,21H,6,11-13H2,1H3,(H2,19,20,22). The molecule has 0 radical (unpaired) electrons. The number of carbonyl (C=O) groups excluding carboxylic acids is 1. The van der Waals surface area contributed by atoms with Crippen LogP contribution in [0.3, 0.4) is 0 Å². The van der Waals surface area contributed by atoms with Gasteiger partial charge in [-0.3, -0.25) is 0 Å². The molecule has 2 rings (SSSR count). The lowest BCUT2D eigenvalue weighted by molar-refractivity contribution is 0.249. The highest BCUT2D eigenvalue weighted by Crippen LogP contribution is 2.21. The smallest absolute Gasteiger partial charge is 0.319 e. The Morgan fingerprint density at radius 2 is 1.91 bits per heavy atom. The van der Waals surface area contributed by atoms with Crippen LogP contribution in [0, 0.1) is 6.92 Å². The molecule has 0 unspecified atom stereocenters. The number of aliphatic hydroxyl groups is 1. The lowest BCUT2D eigenvalue weighted by atomic mass is 10.1. The van der Waals surface area contributed by atoms with Crippen LogP contribution in [0.5, 0.6) is 5.75 Å². The molecule has 0 saturated heterocycles. The molecule has 122 valence electrons. The largest absolute Gasteiger partial charge is 0.489 e. The fraction of sp³-hybridized carbons (Fsp3) is 0.278. The second-order valence-electron chi connectivity index (χ2n) is 5.15. The molecule has 5 heteroatoms. The van der Waals surface area contributed by atoms with E-state index in [0.717, 1.165) is 22.6 Å². The average molecular weight is 314 g/mol. The summed E-state index contributed by atoms with van der Waals surface area (Å²) in [5, 5.41) is 14.2. The summed E-state index contributed by atoms with van der Waals surface area (Å²) in [7, 11) is 0. The van der Waals surface area contributed by atoms with Crippen LogP contribution in [0.25, 0.3) is 0 Å². The number of rotatable bonds is 7. The van der Waals surface area contributed by atoms with Crippen LogP contribution < -0.4 is 15.4 Å². The van der Waals surface area contributed by atoms with E-state index in [2.05, 4.69) is 10.6 Å². The Morgan fingerprint density at radius 1 is 1.13 bits per heavy atom. The zero-order valence-electron chi connectivity index (χ0n) is 13.2. The molecular formula is C18H22N2O3. The van der Waals surface area contributed by atoms with Gasteiger partial charge in [0.15, 0.2) is 0 Å². The summed E-state index contributed by atoms with van der Waals surface area (Å²) < 4.78 is 5.76. The number of para-hydroxylation sites is 1. The minimum Gasteiger partial charge on any atom is -0.489 e. The van der Waals surface area contributed by atoms with Crippen LogP contribution in [0.15, 0.2) is 48.5 Å². The van der Waals surface area contributed by atoms with Gasteiger partial charge in [-0.2, -0.15) is 0 Å². The van der Waals surface area contributed by atoms with E-state index in [0.29, 0.717) is 19.6 Å². The van der Waals surface area contributed by atoms with Gasteiger partial charge in [0.1, 0.15) is 12.4 Å². The molecule has 0 aliphatic carbocycles. The van der Waals surface area contributed by atoms with Gasteiger partial charge in [0.25, 0.3) is 0 Å². The summed E-state index contributed by atoms with van der Waals surface area (Å²) in [6.45, 7) is 2.90. The zero-order valence-corrected chi connectivity index (χ0v) is 13.2. The van der Waals surface area contributed by atoms with E-state index < -0.39 is 0 Å². The van der Waals surface area contributed by atoms with Crippen molar-refractivity contribution in [2.75, 3.05) is 18.5 Å². The van der Waals surface area contributed by atoms with E-state index in [-0.39, 0.29) is 12.6 Å². The number of ether oxygens (including phenoxy) is 1. The number of anilines is 1. The van der Waals surface area contributed by atoms with Gasteiger partial charge in [0.05, 0.1) is 0 Å². The first-order chi connectivity index (χ1) is 11.2. The lowest BCUT2D eigenvalue weighted by Crippen LogP contribution is -2.30. The van der Waals surface area contributed by atoms with E-state index in [1.165, 1.54) is 0 Å². The van der Waals surface area contributed by atoms with Gasteiger partial charge >= 0.3 is 6.03 Å². The number of urea groups is 1. The molecule has 0 saturated carbocycles. The van der Waals surface area contributed by atoms with Crippen LogP contribution in [0.4, 0.5) is 10.5 Å². The van der Waals surface area contributed by atoms with Crippen molar-refractivity contribution >= 4 is 11.7 Å². The van der Waals surface area contributed by atoms with Crippen LogP contribution >= 0.6 is 0 Å². The van der Waals surface area contributed by atoms with E-state index in [1.807, 2.05) is 55.5 Å². The van der Waals surface area contributed by atoms with Crippen molar-refractivity contribution in [3.63, 3.8) is 0 Å². The normalized spacial score (nSPS) is 10.2. The Bertz CT molecular complexity index is 629. The molecule has 3 N–H and O–H groups in total. The van der Waals surface area contributed by atoms with Crippen molar-refractivity contribution in [2.24, 2.45) is 0 Å². The highest BCUT2D eigenvalue weighted by molar-refractivity contribution is 5.90. The molecule has 0 atom stereocenters. The molecule has 0 aromatic heterocycles. The third-order valence-electron chi connectivity index (χ3n) is 3.45. The minimum absolute atomic E-state index is 0.0611. The minimum atomic E-state index is -0.275. The second kappa shape index (κ2) is 8.80. The topological polar surface area (TPSA) is 70.6 Å². The molecule has 2 amide bonds.